The fourth-order valence-electron chi connectivity index (χ4n) is 3.26. The van der Waals surface area contributed by atoms with Crippen molar-refractivity contribution in [2.24, 2.45) is 5.92 Å². The third-order valence-electron chi connectivity index (χ3n) is 4.61. The van der Waals surface area contributed by atoms with Crippen LogP contribution in [-0.4, -0.2) is 35.0 Å². The molecule has 0 aliphatic carbocycles. The minimum Gasteiger partial charge on any atom is -0.478 e. The minimum atomic E-state index is -0.883. The summed E-state index contributed by atoms with van der Waals surface area (Å²) in [6.45, 7) is 3.18. The first-order valence-electron chi connectivity index (χ1n) is 8.21. The number of furan rings is 1. The van der Waals surface area contributed by atoms with Crippen molar-refractivity contribution in [2.45, 2.75) is 26.2 Å². The van der Waals surface area contributed by atoms with Crippen molar-refractivity contribution in [1.82, 2.24) is 4.90 Å². The summed E-state index contributed by atoms with van der Waals surface area (Å²) in [6.07, 6.45) is 2.49. The van der Waals surface area contributed by atoms with E-state index < -0.39 is 5.97 Å². The first-order valence-corrected chi connectivity index (χ1v) is 8.21. The zero-order valence-corrected chi connectivity index (χ0v) is 13.7. The number of carboxylic acid groups (broad SMARTS) is 1. The molecule has 1 fully saturated rings. The highest BCUT2D eigenvalue weighted by Gasteiger charge is 2.26. The summed E-state index contributed by atoms with van der Waals surface area (Å²) in [5, 5.41) is 9.27. The molecule has 1 N–H and O–H groups in total. The van der Waals surface area contributed by atoms with Gasteiger partial charge >= 0.3 is 5.97 Å². The lowest BCUT2D eigenvalue weighted by atomic mass is 9.88. The van der Waals surface area contributed by atoms with Gasteiger partial charge in [-0.25, -0.2) is 4.79 Å². The molecule has 5 heteroatoms. The summed E-state index contributed by atoms with van der Waals surface area (Å²) in [6, 6.07) is 10.7. The second kappa shape index (κ2) is 6.91. The van der Waals surface area contributed by atoms with E-state index >= 15 is 0 Å². The Kier molecular flexibility index (Phi) is 4.69. The number of carbonyl (C=O) groups is 2. The number of nitrogens with zero attached hydrogens (tertiary/aromatic N) is 1. The SMILES string of the molecule is Cc1ccc(C(=O)N2CCC(Cc3ccccc3C(=O)O)CC2)o1. The molecule has 0 spiro atoms. The Balaban J connectivity index is 1.60. The van der Waals surface area contributed by atoms with E-state index in [0.717, 1.165) is 30.6 Å². The van der Waals surface area contributed by atoms with Crippen molar-refractivity contribution in [3.8, 4) is 0 Å². The summed E-state index contributed by atoms with van der Waals surface area (Å²) >= 11 is 0. The predicted octanol–water partition coefficient (Wildman–Crippen LogP) is 3.38. The van der Waals surface area contributed by atoms with Gasteiger partial charge in [-0.1, -0.05) is 18.2 Å². The Bertz CT molecular complexity index is 741. The van der Waals surface area contributed by atoms with Crippen molar-refractivity contribution in [3.63, 3.8) is 0 Å². The lowest BCUT2D eigenvalue weighted by Crippen LogP contribution is -2.38. The zero-order valence-electron chi connectivity index (χ0n) is 13.7. The van der Waals surface area contributed by atoms with Crippen molar-refractivity contribution in [3.05, 3.63) is 59.0 Å². The average molecular weight is 327 g/mol. The fraction of sp³-hybridized carbons (Fsp3) is 0.368. The van der Waals surface area contributed by atoms with Gasteiger partial charge in [0.25, 0.3) is 5.91 Å². The largest absolute Gasteiger partial charge is 0.478 e. The van der Waals surface area contributed by atoms with Crippen LogP contribution in [0.4, 0.5) is 0 Å². The molecule has 1 aromatic carbocycles. The highest BCUT2D eigenvalue weighted by atomic mass is 16.4. The molecule has 126 valence electrons. The topological polar surface area (TPSA) is 70.8 Å². The number of aromatic carboxylic acids is 1. The van der Waals surface area contributed by atoms with Gasteiger partial charge in [0, 0.05) is 13.1 Å². The number of rotatable bonds is 4. The molecule has 2 aromatic rings. The summed E-state index contributed by atoms with van der Waals surface area (Å²) in [5.41, 5.74) is 1.25. The quantitative estimate of drug-likeness (QED) is 0.934. The van der Waals surface area contributed by atoms with E-state index in [1.54, 1.807) is 24.3 Å². The molecule has 5 nitrogen and oxygen atoms in total. The maximum Gasteiger partial charge on any atom is 0.335 e. The Morgan fingerprint density at radius 3 is 2.50 bits per heavy atom. The third kappa shape index (κ3) is 3.50. The molecule has 2 heterocycles. The number of hydrogen-bond acceptors (Lipinski definition) is 3. The van der Waals surface area contributed by atoms with Gasteiger partial charge in [-0.05, 0) is 55.9 Å². The normalized spacial score (nSPS) is 15.5. The van der Waals surface area contributed by atoms with Crippen LogP contribution in [0, 0.1) is 12.8 Å². The Labute approximate surface area is 140 Å². The fourth-order valence-corrected chi connectivity index (χ4v) is 3.26. The number of hydrogen-bond donors (Lipinski definition) is 1. The van der Waals surface area contributed by atoms with Crippen LogP contribution in [0.5, 0.6) is 0 Å². The summed E-state index contributed by atoms with van der Waals surface area (Å²) in [7, 11) is 0. The summed E-state index contributed by atoms with van der Waals surface area (Å²) in [5.74, 6) is 0.576. The maximum absolute atomic E-state index is 12.4. The highest BCUT2D eigenvalue weighted by molar-refractivity contribution is 5.91. The molecule has 1 amide bonds. The molecule has 1 aliphatic rings. The smallest absolute Gasteiger partial charge is 0.335 e. The van der Waals surface area contributed by atoms with Gasteiger partial charge in [0.05, 0.1) is 5.56 Å². The second-order valence-electron chi connectivity index (χ2n) is 6.31. The first-order chi connectivity index (χ1) is 11.5. The predicted molar refractivity (Wildman–Crippen MR) is 89.2 cm³/mol. The maximum atomic E-state index is 12.4. The molecule has 0 radical (unpaired) electrons. The molecule has 0 atom stereocenters. The molecular formula is C19H21NO4. The Morgan fingerprint density at radius 2 is 1.88 bits per heavy atom. The minimum absolute atomic E-state index is 0.0625. The van der Waals surface area contributed by atoms with Crippen LogP contribution >= 0.6 is 0 Å². The number of carbonyl (C=O) groups excluding carboxylic acids is 1. The Morgan fingerprint density at radius 1 is 1.17 bits per heavy atom. The van der Waals surface area contributed by atoms with Gasteiger partial charge in [0.1, 0.15) is 5.76 Å². The van der Waals surface area contributed by atoms with Crippen molar-refractivity contribution >= 4 is 11.9 Å². The molecule has 0 saturated carbocycles. The number of amides is 1. The average Bonchev–Trinajstić information content (AvgIpc) is 3.02. The van der Waals surface area contributed by atoms with Crippen LogP contribution in [0.2, 0.25) is 0 Å². The first kappa shape index (κ1) is 16.3. The summed E-state index contributed by atoms with van der Waals surface area (Å²) < 4.78 is 5.41. The van der Waals surface area contributed by atoms with E-state index in [4.69, 9.17) is 4.42 Å². The van der Waals surface area contributed by atoms with Gasteiger partial charge in [0.15, 0.2) is 5.76 Å². The van der Waals surface area contributed by atoms with Crippen LogP contribution in [-0.2, 0) is 6.42 Å². The van der Waals surface area contributed by atoms with Gasteiger partial charge in [-0.3, -0.25) is 4.79 Å². The lowest BCUT2D eigenvalue weighted by Gasteiger charge is -2.31. The Hall–Kier alpha value is -2.56. The van der Waals surface area contributed by atoms with Crippen molar-refractivity contribution in [1.29, 1.82) is 0 Å². The third-order valence-corrected chi connectivity index (χ3v) is 4.61. The van der Waals surface area contributed by atoms with Gasteiger partial charge < -0.3 is 14.4 Å². The molecule has 0 bridgehead atoms. The standard InChI is InChI=1S/C19H21NO4/c1-13-6-7-17(24-13)18(21)20-10-8-14(9-11-20)12-15-4-2-3-5-16(15)19(22)23/h2-7,14H,8-12H2,1H3,(H,22,23). The molecule has 3 rings (SSSR count). The second-order valence-corrected chi connectivity index (χ2v) is 6.31. The van der Waals surface area contributed by atoms with E-state index in [9.17, 15) is 14.7 Å². The van der Waals surface area contributed by atoms with Crippen LogP contribution in [0.25, 0.3) is 0 Å². The molecular weight excluding hydrogens is 306 g/mol. The van der Waals surface area contributed by atoms with Crippen molar-refractivity contribution in [2.75, 3.05) is 13.1 Å². The lowest BCUT2D eigenvalue weighted by molar-refractivity contribution is 0.0657. The summed E-state index contributed by atoms with van der Waals surface area (Å²) in [4.78, 5) is 25.5. The van der Waals surface area contributed by atoms with Crippen LogP contribution in [0.1, 0.15) is 45.1 Å². The van der Waals surface area contributed by atoms with Gasteiger partial charge in [-0.15, -0.1) is 0 Å². The molecule has 0 unspecified atom stereocenters. The monoisotopic (exact) mass is 327 g/mol. The molecule has 1 aliphatic heterocycles. The van der Waals surface area contributed by atoms with Crippen molar-refractivity contribution < 1.29 is 19.1 Å². The zero-order chi connectivity index (χ0) is 17.1. The van der Waals surface area contributed by atoms with Gasteiger partial charge in [-0.2, -0.15) is 0 Å². The number of aryl methyl sites for hydroxylation is 1. The molecule has 1 saturated heterocycles. The number of benzene rings is 1. The molecule has 1 aromatic heterocycles. The highest BCUT2D eigenvalue weighted by Crippen LogP contribution is 2.24. The number of carboxylic acids is 1. The van der Waals surface area contributed by atoms with Crippen LogP contribution in [0.15, 0.2) is 40.8 Å². The number of likely N-dealkylation sites (tertiary alicyclic amines) is 1. The van der Waals surface area contributed by atoms with E-state index in [1.165, 1.54) is 0 Å². The van der Waals surface area contributed by atoms with E-state index in [-0.39, 0.29) is 5.91 Å². The number of piperidine rings is 1. The van der Waals surface area contributed by atoms with Crippen LogP contribution < -0.4 is 0 Å². The van der Waals surface area contributed by atoms with E-state index in [0.29, 0.717) is 30.3 Å². The molecule has 24 heavy (non-hydrogen) atoms. The van der Waals surface area contributed by atoms with Gasteiger partial charge in [0.2, 0.25) is 0 Å². The van der Waals surface area contributed by atoms with E-state index in [2.05, 4.69) is 0 Å². The van der Waals surface area contributed by atoms with Crippen LogP contribution in [0.3, 0.4) is 0 Å². The van der Waals surface area contributed by atoms with E-state index in [1.807, 2.05) is 24.0 Å².